The van der Waals surface area contributed by atoms with Gasteiger partial charge in [0.1, 0.15) is 0 Å². The van der Waals surface area contributed by atoms with Crippen molar-refractivity contribution in [3.63, 3.8) is 0 Å². The maximum absolute atomic E-state index is 13.2. The molecule has 1 amide bonds. The van der Waals surface area contributed by atoms with Crippen molar-refractivity contribution >= 4 is 21.6 Å². The maximum atomic E-state index is 13.2. The molecule has 30 heavy (non-hydrogen) atoms. The number of nitrogens with two attached hydrogens (primary N) is 1. The second kappa shape index (κ2) is 8.11. The van der Waals surface area contributed by atoms with Gasteiger partial charge in [0.05, 0.1) is 23.6 Å². The normalized spacial score (nSPS) is 24.6. The van der Waals surface area contributed by atoms with Crippen LogP contribution in [0.5, 0.6) is 0 Å². The van der Waals surface area contributed by atoms with Crippen molar-refractivity contribution in [3.8, 4) is 0 Å². The van der Waals surface area contributed by atoms with E-state index < -0.39 is 10.0 Å². The van der Waals surface area contributed by atoms with Crippen molar-refractivity contribution in [2.45, 2.75) is 43.4 Å². The van der Waals surface area contributed by atoms with Gasteiger partial charge in [-0.1, -0.05) is 30.3 Å². The Morgan fingerprint density at radius 2 is 1.87 bits per heavy atom. The van der Waals surface area contributed by atoms with E-state index in [4.69, 9.17) is 9.88 Å². The van der Waals surface area contributed by atoms with Gasteiger partial charge >= 0.3 is 0 Å². The van der Waals surface area contributed by atoms with Crippen molar-refractivity contribution in [2.75, 3.05) is 24.5 Å². The molecule has 160 valence electrons. The van der Waals surface area contributed by atoms with Gasteiger partial charge in [-0.3, -0.25) is 9.69 Å². The van der Waals surface area contributed by atoms with Gasteiger partial charge in [0.15, 0.2) is 0 Å². The molecule has 0 spiro atoms. The van der Waals surface area contributed by atoms with Gasteiger partial charge in [0, 0.05) is 24.8 Å². The first-order valence-corrected chi connectivity index (χ1v) is 11.7. The number of benzene rings is 2. The van der Waals surface area contributed by atoms with Gasteiger partial charge < -0.3 is 9.64 Å². The highest BCUT2D eigenvalue weighted by molar-refractivity contribution is 7.89. The first-order valence-electron chi connectivity index (χ1n) is 10.1. The summed E-state index contributed by atoms with van der Waals surface area (Å²) in [5.74, 6) is 0.00511. The largest absolute Gasteiger partial charge is 0.368 e. The Bertz CT molecular complexity index is 1040. The fourth-order valence-electron chi connectivity index (χ4n) is 4.45. The summed E-state index contributed by atoms with van der Waals surface area (Å²) < 4.78 is 29.4. The molecule has 0 bridgehead atoms. The Labute approximate surface area is 177 Å². The Hall–Kier alpha value is -2.26. The number of carbonyl (C=O) groups excluding carboxylic acids is 1. The third-order valence-corrected chi connectivity index (χ3v) is 6.64. The second-order valence-electron chi connectivity index (χ2n) is 8.19. The number of anilines is 1. The zero-order valence-electron chi connectivity index (χ0n) is 17.2. The molecule has 0 aromatic heterocycles. The minimum absolute atomic E-state index is 0.00511. The smallest absolute Gasteiger partial charge is 0.241 e. The molecular weight excluding hydrogens is 402 g/mol. The van der Waals surface area contributed by atoms with E-state index in [-0.39, 0.29) is 35.6 Å². The lowest BCUT2D eigenvalue weighted by Gasteiger charge is -2.37. The lowest BCUT2D eigenvalue weighted by molar-refractivity contribution is -0.124. The molecular formula is C22H27N3O4S. The van der Waals surface area contributed by atoms with Crippen LogP contribution in [0, 0.1) is 0 Å². The molecule has 1 saturated heterocycles. The monoisotopic (exact) mass is 429 g/mol. The number of morpholine rings is 1. The fourth-order valence-corrected chi connectivity index (χ4v) is 5.02. The lowest BCUT2D eigenvalue weighted by atomic mass is 10.1. The van der Waals surface area contributed by atoms with E-state index in [0.717, 1.165) is 16.8 Å². The summed E-state index contributed by atoms with van der Waals surface area (Å²) in [5, 5.41) is 5.25. The number of sulfonamides is 1. The number of carbonyl (C=O) groups is 1. The molecule has 0 saturated carbocycles. The van der Waals surface area contributed by atoms with Gasteiger partial charge in [0.25, 0.3) is 0 Å². The zero-order valence-corrected chi connectivity index (χ0v) is 18.0. The summed E-state index contributed by atoms with van der Waals surface area (Å²) in [7, 11) is -3.77. The summed E-state index contributed by atoms with van der Waals surface area (Å²) in [4.78, 5) is 17.2. The molecule has 1 fully saturated rings. The molecule has 2 aliphatic heterocycles. The van der Waals surface area contributed by atoms with Crippen molar-refractivity contribution in [2.24, 2.45) is 5.14 Å². The van der Waals surface area contributed by atoms with E-state index in [1.807, 2.05) is 44.2 Å². The molecule has 0 radical (unpaired) electrons. The van der Waals surface area contributed by atoms with Crippen LogP contribution in [0.15, 0.2) is 53.4 Å². The van der Waals surface area contributed by atoms with Crippen LogP contribution in [-0.2, 0) is 26.0 Å². The third kappa shape index (κ3) is 4.27. The third-order valence-electron chi connectivity index (χ3n) is 5.73. The molecule has 2 aromatic carbocycles. The van der Waals surface area contributed by atoms with E-state index in [1.54, 1.807) is 17.0 Å². The van der Waals surface area contributed by atoms with Crippen LogP contribution >= 0.6 is 0 Å². The highest BCUT2D eigenvalue weighted by Gasteiger charge is 2.34. The summed E-state index contributed by atoms with van der Waals surface area (Å²) >= 11 is 0. The van der Waals surface area contributed by atoms with Crippen LogP contribution in [0.25, 0.3) is 0 Å². The van der Waals surface area contributed by atoms with E-state index >= 15 is 0 Å². The Morgan fingerprint density at radius 1 is 1.13 bits per heavy atom. The van der Waals surface area contributed by atoms with Crippen molar-refractivity contribution in [1.29, 1.82) is 0 Å². The average Bonchev–Trinajstić information content (AvgIpc) is 3.02. The van der Waals surface area contributed by atoms with E-state index in [0.29, 0.717) is 19.5 Å². The quantitative estimate of drug-likeness (QED) is 0.803. The van der Waals surface area contributed by atoms with E-state index in [1.165, 1.54) is 6.07 Å². The number of rotatable bonds is 4. The van der Waals surface area contributed by atoms with Crippen LogP contribution in [0.3, 0.4) is 0 Å². The molecule has 2 N–H and O–H groups in total. The predicted molar refractivity (Wildman–Crippen MR) is 115 cm³/mol. The summed E-state index contributed by atoms with van der Waals surface area (Å²) in [6.07, 6.45) is 0.567. The zero-order chi connectivity index (χ0) is 21.5. The fraction of sp³-hybridized carbons (Fsp3) is 0.409. The number of hydrogen-bond acceptors (Lipinski definition) is 5. The maximum Gasteiger partial charge on any atom is 0.241 e. The molecule has 2 aliphatic rings. The highest BCUT2D eigenvalue weighted by Crippen LogP contribution is 2.34. The van der Waals surface area contributed by atoms with Gasteiger partial charge in [-0.05, 0) is 49.6 Å². The number of ether oxygens (including phenoxy) is 1. The minimum Gasteiger partial charge on any atom is -0.368 e. The topological polar surface area (TPSA) is 92.9 Å². The molecule has 3 atom stereocenters. The number of primary sulfonamides is 1. The molecule has 7 nitrogen and oxygen atoms in total. The summed E-state index contributed by atoms with van der Waals surface area (Å²) in [5.41, 5.74) is 2.71. The number of nitrogens with zero attached hydrogens (tertiary/aromatic N) is 2. The Morgan fingerprint density at radius 3 is 2.57 bits per heavy atom. The van der Waals surface area contributed by atoms with Crippen molar-refractivity contribution in [3.05, 3.63) is 59.7 Å². The summed E-state index contributed by atoms with van der Waals surface area (Å²) in [6.45, 7) is 5.63. The minimum atomic E-state index is -3.77. The van der Waals surface area contributed by atoms with Crippen LogP contribution in [0.4, 0.5) is 5.69 Å². The first-order chi connectivity index (χ1) is 14.2. The van der Waals surface area contributed by atoms with Gasteiger partial charge in [0.2, 0.25) is 15.9 Å². The molecule has 3 unspecified atom stereocenters. The Kier molecular flexibility index (Phi) is 5.67. The highest BCUT2D eigenvalue weighted by atomic mass is 32.2. The summed E-state index contributed by atoms with van der Waals surface area (Å²) in [6, 6.07) is 14.8. The number of hydrogen-bond donors (Lipinski definition) is 1. The molecule has 8 heteroatoms. The Balaban J connectivity index is 1.50. The molecule has 2 heterocycles. The van der Waals surface area contributed by atoms with Crippen LogP contribution in [0.1, 0.15) is 31.1 Å². The molecule has 0 aliphatic carbocycles. The van der Waals surface area contributed by atoms with E-state index in [2.05, 4.69) is 4.90 Å². The lowest BCUT2D eigenvalue weighted by Crippen LogP contribution is -2.49. The van der Waals surface area contributed by atoms with Crippen LogP contribution in [0.2, 0.25) is 0 Å². The standard InChI is InChI=1S/C22H27N3O4S/c1-15-10-18-11-19(30(23,27)28)8-9-20(18)25(15)22(26)14-24-12-16(2)29-21(13-24)17-6-4-3-5-7-17/h3-9,11,15-16,21H,10,12-14H2,1-2H3,(H2,23,27,28). The van der Waals surface area contributed by atoms with Gasteiger partial charge in [-0.15, -0.1) is 0 Å². The van der Waals surface area contributed by atoms with Crippen LogP contribution < -0.4 is 10.0 Å². The average molecular weight is 430 g/mol. The predicted octanol–water partition coefficient (Wildman–Crippen LogP) is 2.07. The van der Waals surface area contributed by atoms with Gasteiger partial charge in [-0.2, -0.15) is 0 Å². The first kappa shape index (κ1) is 21.0. The van der Waals surface area contributed by atoms with Crippen LogP contribution in [-0.4, -0.2) is 51.0 Å². The van der Waals surface area contributed by atoms with E-state index in [9.17, 15) is 13.2 Å². The molecule has 4 rings (SSSR count). The number of fused-ring (bicyclic) bond motifs is 1. The number of amides is 1. The van der Waals surface area contributed by atoms with Gasteiger partial charge in [-0.25, -0.2) is 13.6 Å². The SMILES string of the molecule is CC1CN(CC(=O)N2c3ccc(S(N)(=O)=O)cc3CC2C)CC(c2ccccc2)O1. The molecule has 2 aromatic rings. The van der Waals surface area contributed by atoms with Crippen molar-refractivity contribution < 1.29 is 17.9 Å². The van der Waals surface area contributed by atoms with Crippen molar-refractivity contribution in [1.82, 2.24) is 4.90 Å². The second-order valence-corrected chi connectivity index (χ2v) is 9.75.